The Bertz CT molecular complexity index is 748. The SMILES string of the molecule is CNc1nc(-c2ccc3ccccc3n2)c(C(C)N)s1. The molecule has 1 atom stereocenters. The highest BCUT2D eigenvalue weighted by atomic mass is 32.1. The zero-order valence-corrected chi connectivity index (χ0v) is 12.2. The molecule has 0 aliphatic carbocycles. The van der Waals surface area contributed by atoms with Crippen LogP contribution in [0, 0.1) is 0 Å². The minimum Gasteiger partial charge on any atom is -0.365 e. The smallest absolute Gasteiger partial charge is 0.183 e. The monoisotopic (exact) mass is 284 g/mol. The molecule has 0 spiro atoms. The van der Waals surface area contributed by atoms with Gasteiger partial charge in [0, 0.05) is 18.5 Å². The second-order valence-corrected chi connectivity index (χ2v) is 5.69. The fourth-order valence-electron chi connectivity index (χ4n) is 2.13. The zero-order valence-electron chi connectivity index (χ0n) is 11.4. The Morgan fingerprint density at radius 1 is 1.15 bits per heavy atom. The predicted molar refractivity (Wildman–Crippen MR) is 85.0 cm³/mol. The Hall–Kier alpha value is -1.98. The first-order chi connectivity index (χ1) is 9.69. The summed E-state index contributed by atoms with van der Waals surface area (Å²) in [4.78, 5) is 10.3. The van der Waals surface area contributed by atoms with E-state index in [1.165, 1.54) is 0 Å². The number of rotatable bonds is 3. The van der Waals surface area contributed by atoms with Crippen molar-refractivity contribution in [2.45, 2.75) is 13.0 Å². The van der Waals surface area contributed by atoms with Crippen LogP contribution in [-0.2, 0) is 0 Å². The van der Waals surface area contributed by atoms with Gasteiger partial charge in [-0.05, 0) is 19.1 Å². The number of nitrogens with one attached hydrogen (secondary N) is 1. The molecule has 5 heteroatoms. The molecule has 0 aliphatic heterocycles. The van der Waals surface area contributed by atoms with E-state index in [4.69, 9.17) is 10.7 Å². The van der Waals surface area contributed by atoms with Crippen LogP contribution in [0.25, 0.3) is 22.3 Å². The lowest BCUT2D eigenvalue weighted by Gasteiger charge is -2.05. The maximum atomic E-state index is 6.05. The molecule has 3 aromatic rings. The Kier molecular flexibility index (Phi) is 3.38. The minimum absolute atomic E-state index is 0.0575. The van der Waals surface area contributed by atoms with Gasteiger partial charge in [0.2, 0.25) is 0 Å². The first-order valence-corrected chi connectivity index (χ1v) is 7.31. The number of para-hydroxylation sites is 1. The van der Waals surface area contributed by atoms with Crippen LogP contribution in [0.3, 0.4) is 0 Å². The molecule has 20 heavy (non-hydrogen) atoms. The molecule has 2 aromatic heterocycles. The molecule has 1 aromatic carbocycles. The molecule has 0 bridgehead atoms. The summed E-state index contributed by atoms with van der Waals surface area (Å²) < 4.78 is 0. The van der Waals surface area contributed by atoms with E-state index in [-0.39, 0.29) is 6.04 Å². The van der Waals surface area contributed by atoms with Gasteiger partial charge in [-0.25, -0.2) is 9.97 Å². The van der Waals surface area contributed by atoms with Crippen LogP contribution < -0.4 is 11.1 Å². The molecule has 0 aliphatic rings. The quantitative estimate of drug-likeness (QED) is 0.773. The van der Waals surface area contributed by atoms with Crippen molar-refractivity contribution in [2.24, 2.45) is 5.73 Å². The van der Waals surface area contributed by atoms with Gasteiger partial charge in [0.1, 0.15) is 5.69 Å². The Morgan fingerprint density at radius 2 is 1.95 bits per heavy atom. The first-order valence-electron chi connectivity index (χ1n) is 6.49. The number of hydrogen-bond donors (Lipinski definition) is 2. The highest BCUT2D eigenvalue weighted by Gasteiger charge is 2.16. The predicted octanol–water partition coefficient (Wildman–Crippen LogP) is 3.42. The van der Waals surface area contributed by atoms with Crippen LogP contribution in [0.2, 0.25) is 0 Å². The highest BCUT2D eigenvalue weighted by molar-refractivity contribution is 7.16. The summed E-state index contributed by atoms with van der Waals surface area (Å²) in [6.07, 6.45) is 0. The topological polar surface area (TPSA) is 63.8 Å². The van der Waals surface area contributed by atoms with Crippen LogP contribution in [0.15, 0.2) is 36.4 Å². The highest BCUT2D eigenvalue weighted by Crippen LogP contribution is 2.34. The van der Waals surface area contributed by atoms with Crippen LogP contribution in [-0.4, -0.2) is 17.0 Å². The number of nitrogens with two attached hydrogens (primary N) is 1. The Labute approximate surface area is 121 Å². The van der Waals surface area contributed by atoms with Crippen molar-refractivity contribution in [1.29, 1.82) is 0 Å². The molecule has 0 amide bonds. The lowest BCUT2D eigenvalue weighted by atomic mass is 10.1. The number of fused-ring (bicyclic) bond motifs is 1. The second-order valence-electron chi connectivity index (χ2n) is 4.66. The van der Waals surface area contributed by atoms with E-state index < -0.39 is 0 Å². The fraction of sp³-hybridized carbons (Fsp3) is 0.200. The number of benzene rings is 1. The van der Waals surface area contributed by atoms with Gasteiger partial charge in [0.25, 0.3) is 0 Å². The molecule has 102 valence electrons. The Balaban J connectivity index is 2.16. The summed E-state index contributed by atoms with van der Waals surface area (Å²) in [6.45, 7) is 1.97. The average molecular weight is 284 g/mol. The summed E-state index contributed by atoms with van der Waals surface area (Å²) >= 11 is 1.58. The van der Waals surface area contributed by atoms with Gasteiger partial charge in [-0.15, -0.1) is 0 Å². The molecular weight excluding hydrogens is 268 g/mol. The third-order valence-electron chi connectivity index (χ3n) is 3.12. The van der Waals surface area contributed by atoms with Crippen molar-refractivity contribution < 1.29 is 0 Å². The summed E-state index contributed by atoms with van der Waals surface area (Å²) in [5.74, 6) is 0. The number of nitrogens with zero attached hydrogens (tertiary/aromatic N) is 2. The van der Waals surface area contributed by atoms with E-state index in [1.54, 1.807) is 11.3 Å². The largest absolute Gasteiger partial charge is 0.365 e. The van der Waals surface area contributed by atoms with Crippen molar-refractivity contribution in [3.8, 4) is 11.4 Å². The molecule has 0 radical (unpaired) electrons. The third-order valence-corrected chi connectivity index (χ3v) is 4.40. The lowest BCUT2D eigenvalue weighted by molar-refractivity contribution is 0.836. The fourth-order valence-corrected chi connectivity index (χ4v) is 3.01. The van der Waals surface area contributed by atoms with E-state index in [1.807, 2.05) is 38.2 Å². The maximum Gasteiger partial charge on any atom is 0.183 e. The molecule has 0 saturated carbocycles. The van der Waals surface area contributed by atoms with Gasteiger partial charge in [-0.3, -0.25) is 0 Å². The second kappa shape index (κ2) is 5.19. The summed E-state index contributed by atoms with van der Waals surface area (Å²) in [5, 5.41) is 5.06. The van der Waals surface area contributed by atoms with E-state index >= 15 is 0 Å². The van der Waals surface area contributed by atoms with Crippen LogP contribution in [0.4, 0.5) is 5.13 Å². The molecule has 3 N–H and O–H groups in total. The molecule has 0 fully saturated rings. The maximum absolute atomic E-state index is 6.05. The number of thiazole rings is 1. The zero-order chi connectivity index (χ0) is 14.1. The molecule has 0 saturated heterocycles. The Morgan fingerprint density at radius 3 is 2.70 bits per heavy atom. The van der Waals surface area contributed by atoms with E-state index in [0.29, 0.717) is 0 Å². The van der Waals surface area contributed by atoms with Crippen LogP contribution in [0.5, 0.6) is 0 Å². The summed E-state index contributed by atoms with van der Waals surface area (Å²) in [6, 6.07) is 12.1. The standard InChI is InChI=1S/C15H16N4S/c1-9(16)14-13(19-15(17-2)20-14)12-8-7-10-5-3-4-6-11(10)18-12/h3-9H,16H2,1-2H3,(H,17,19). The average Bonchev–Trinajstić information content (AvgIpc) is 2.91. The van der Waals surface area contributed by atoms with Crippen molar-refractivity contribution in [3.63, 3.8) is 0 Å². The van der Waals surface area contributed by atoms with Crippen LogP contribution in [0.1, 0.15) is 17.8 Å². The van der Waals surface area contributed by atoms with E-state index in [9.17, 15) is 0 Å². The van der Waals surface area contributed by atoms with Gasteiger partial charge in [0.05, 0.1) is 16.1 Å². The molecule has 1 unspecified atom stereocenters. The van der Waals surface area contributed by atoms with Gasteiger partial charge >= 0.3 is 0 Å². The van der Waals surface area contributed by atoms with Gasteiger partial charge < -0.3 is 11.1 Å². The van der Waals surface area contributed by atoms with Gasteiger partial charge in [-0.1, -0.05) is 35.6 Å². The van der Waals surface area contributed by atoms with Crippen molar-refractivity contribution in [1.82, 2.24) is 9.97 Å². The van der Waals surface area contributed by atoms with Gasteiger partial charge in [-0.2, -0.15) is 0 Å². The van der Waals surface area contributed by atoms with Gasteiger partial charge in [0.15, 0.2) is 5.13 Å². The number of hydrogen-bond acceptors (Lipinski definition) is 5. The molecular formula is C15H16N4S. The summed E-state index contributed by atoms with van der Waals surface area (Å²) in [5.41, 5.74) is 8.76. The molecule has 3 rings (SSSR count). The number of pyridine rings is 1. The van der Waals surface area contributed by atoms with E-state index in [0.717, 1.165) is 32.3 Å². The minimum atomic E-state index is -0.0575. The van der Waals surface area contributed by atoms with E-state index in [2.05, 4.69) is 22.4 Å². The lowest BCUT2D eigenvalue weighted by Crippen LogP contribution is -2.04. The molecule has 2 heterocycles. The number of anilines is 1. The van der Waals surface area contributed by atoms with Crippen molar-refractivity contribution >= 4 is 27.4 Å². The molecule has 4 nitrogen and oxygen atoms in total. The summed E-state index contributed by atoms with van der Waals surface area (Å²) in [7, 11) is 1.86. The first kappa shape index (κ1) is 13.0. The third kappa shape index (κ3) is 2.26. The van der Waals surface area contributed by atoms with Crippen molar-refractivity contribution in [3.05, 3.63) is 41.3 Å². The number of aromatic nitrogens is 2. The normalized spacial score (nSPS) is 12.6. The van der Waals surface area contributed by atoms with Crippen molar-refractivity contribution in [2.75, 3.05) is 12.4 Å². The van der Waals surface area contributed by atoms with Crippen LogP contribution >= 0.6 is 11.3 Å².